The highest BCUT2D eigenvalue weighted by Crippen LogP contribution is 2.41. The summed E-state index contributed by atoms with van der Waals surface area (Å²) in [6.45, 7) is 0. The Morgan fingerprint density at radius 3 is 1.28 bits per heavy atom. The first-order valence-electron chi connectivity index (χ1n) is 16.9. The maximum absolute atomic E-state index is 3.82. The van der Waals surface area contributed by atoms with Gasteiger partial charge in [0, 0.05) is 26.7 Å². The van der Waals surface area contributed by atoms with Crippen LogP contribution < -0.4 is 5.32 Å². The Labute approximate surface area is 299 Å². The van der Waals surface area contributed by atoms with Crippen LogP contribution in [0.2, 0.25) is 0 Å². The lowest BCUT2D eigenvalue weighted by atomic mass is 9.94. The lowest BCUT2D eigenvalue weighted by Crippen LogP contribution is -1.95. The van der Waals surface area contributed by atoms with Gasteiger partial charge in [0.25, 0.3) is 0 Å². The molecule has 0 amide bonds. The highest BCUT2D eigenvalue weighted by Gasteiger charge is 2.13. The van der Waals surface area contributed by atoms with Gasteiger partial charge in [-0.25, -0.2) is 0 Å². The fourth-order valence-corrected chi connectivity index (χ4v) is 7.55. The van der Waals surface area contributed by atoms with Crippen molar-refractivity contribution in [3.05, 3.63) is 206 Å². The number of anilines is 2. The summed E-state index contributed by atoms with van der Waals surface area (Å²) in [5, 5.41) is 3.82. The summed E-state index contributed by atoms with van der Waals surface area (Å²) in [5.74, 6) is 0. The molecule has 0 saturated carbocycles. The van der Waals surface area contributed by atoms with Crippen molar-refractivity contribution in [1.29, 1.82) is 0 Å². The number of hydrogen-bond donors (Lipinski definition) is 1. The Hall–Kier alpha value is -6.09. The smallest absolute Gasteiger partial charge is 0.0463 e. The summed E-state index contributed by atoms with van der Waals surface area (Å²) in [5.41, 5.74) is 14.1. The zero-order chi connectivity index (χ0) is 33.5. The quantitative estimate of drug-likeness (QED) is 0.166. The van der Waals surface area contributed by atoms with E-state index >= 15 is 0 Å². The van der Waals surface area contributed by atoms with E-state index in [-0.39, 0.29) is 0 Å². The molecule has 0 aliphatic heterocycles. The van der Waals surface area contributed by atoms with Gasteiger partial charge in [-0.05, 0) is 86.5 Å². The van der Waals surface area contributed by atoms with Crippen LogP contribution >= 0.6 is 11.8 Å². The van der Waals surface area contributed by atoms with Crippen molar-refractivity contribution in [2.45, 2.75) is 9.79 Å². The summed E-state index contributed by atoms with van der Waals surface area (Å²) in [4.78, 5) is 2.35. The van der Waals surface area contributed by atoms with Crippen LogP contribution in [-0.2, 0) is 0 Å². The molecule has 2 heteroatoms. The van der Waals surface area contributed by atoms with E-state index in [2.05, 4.69) is 212 Å². The molecule has 0 aliphatic rings. The Morgan fingerprint density at radius 2 is 0.700 bits per heavy atom. The van der Waals surface area contributed by atoms with Crippen LogP contribution in [0.5, 0.6) is 0 Å². The Morgan fingerprint density at radius 1 is 0.280 bits per heavy atom. The van der Waals surface area contributed by atoms with E-state index in [1.807, 2.05) is 0 Å². The minimum atomic E-state index is 1.04. The summed E-state index contributed by atoms with van der Waals surface area (Å²) in [6.07, 6.45) is 0. The average molecular weight is 658 g/mol. The predicted molar refractivity (Wildman–Crippen MR) is 214 cm³/mol. The minimum absolute atomic E-state index is 1.04. The topological polar surface area (TPSA) is 12.0 Å². The lowest BCUT2D eigenvalue weighted by molar-refractivity contribution is 1.39. The number of hydrogen-bond acceptors (Lipinski definition) is 2. The molecule has 0 atom stereocenters. The van der Waals surface area contributed by atoms with Crippen LogP contribution in [0.3, 0.4) is 0 Å². The van der Waals surface area contributed by atoms with Crippen LogP contribution in [0, 0.1) is 0 Å². The van der Waals surface area contributed by atoms with E-state index in [1.165, 1.54) is 65.4 Å². The van der Waals surface area contributed by atoms with Crippen molar-refractivity contribution in [2.24, 2.45) is 0 Å². The molecule has 0 radical (unpaired) electrons. The van der Waals surface area contributed by atoms with Gasteiger partial charge in [-0.3, -0.25) is 0 Å². The number of rotatable bonds is 9. The van der Waals surface area contributed by atoms with Crippen molar-refractivity contribution in [2.75, 3.05) is 5.32 Å². The molecule has 1 N–H and O–H groups in total. The van der Waals surface area contributed by atoms with Crippen molar-refractivity contribution >= 4 is 23.1 Å². The molecule has 0 aliphatic carbocycles. The fraction of sp³-hybridized carbons (Fsp3) is 0. The van der Waals surface area contributed by atoms with E-state index in [1.54, 1.807) is 11.8 Å². The van der Waals surface area contributed by atoms with Crippen LogP contribution in [0.25, 0.3) is 55.6 Å². The number of benzene rings is 8. The Kier molecular flexibility index (Phi) is 9.09. The first-order valence-corrected chi connectivity index (χ1v) is 17.7. The molecule has 0 unspecified atom stereocenters. The van der Waals surface area contributed by atoms with Crippen LogP contribution in [0.1, 0.15) is 0 Å². The van der Waals surface area contributed by atoms with Crippen molar-refractivity contribution in [3.63, 3.8) is 0 Å². The largest absolute Gasteiger partial charge is 0.355 e. The van der Waals surface area contributed by atoms with Crippen LogP contribution in [0.4, 0.5) is 11.4 Å². The van der Waals surface area contributed by atoms with Gasteiger partial charge in [-0.2, -0.15) is 0 Å². The highest BCUT2D eigenvalue weighted by molar-refractivity contribution is 7.99. The highest BCUT2D eigenvalue weighted by atomic mass is 32.2. The van der Waals surface area contributed by atoms with Gasteiger partial charge >= 0.3 is 0 Å². The van der Waals surface area contributed by atoms with E-state index in [0.29, 0.717) is 0 Å². The molecule has 238 valence electrons. The van der Waals surface area contributed by atoms with Gasteiger partial charge in [-0.1, -0.05) is 182 Å². The molecule has 8 rings (SSSR count). The monoisotopic (exact) mass is 657 g/mol. The van der Waals surface area contributed by atoms with Crippen molar-refractivity contribution in [3.8, 4) is 55.6 Å². The molecular weight excluding hydrogens is 623 g/mol. The predicted octanol–water partition coefficient (Wildman–Crippen LogP) is 13.9. The molecule has 0 fully saturated rings. The maximum Gasteiger partial charge on any atom is 0.0463 e. The summed E-state index contributed by atoms with van der Waals surface area (Å²) < 4.78 is 0. The third-order valence-electron chi connectivity index (χ3n) is 8.91. The van der Waals surface area contributed by atoms with Gasteiger partial charge in [0.15, 0.2) is 0 Å². The van der Waals surface area contributed by atoms with Crippen molar-refractivity contribution < 1.29 is 0 Å². The molecule has 50 heavy (non-hydrogen) atoms. The molecular formula is C48H35NS. The second kappa shape index (κ2) is 14.6. The van der Waals surface area contributed by atoms with Crippen molar-refractivity contribution in [1.82, 2.24) is 0 Å². The van der Waals surface area contributed by atoms with E-state index in [9.17, 15) is 0 Å². The Bertz CT molecular complexity index is 2370. The fourth-order valence-electron chi connectivity index (χ4n) is 6.57. The van der Waals surface area contributed by atoms with E-state index in [4.69, 9.17) is 0 Å². The van der Waals surface area contributed by atoms with Gasteiger partial charge in [-0.15, -0.1) is 0 Å². The standard InChI is InChI=1S/C48H35NS/c1-4-17-35(18-5-1)43-25-10-12-27-45(43)38-23-16-24-41(32-38)50-42-33-39(46-28-13-11-26-44(46)36-19-6-2-7-20-36)31-40(34-42)49-48-30-15-14-29-47(48)37-21-8-3-9-22-37/h1-34,49H. The molecule has 1 nitrogen and oxygen atoms in total. The van der Waals surface area contributed by atoms with Crippen LogP contribution in [0.15, 0.2) is 216 Å². The number of nitrogens with one attached hydrogen (secondary N) is 1. The van der Waals surface area contributed by atoms with Gasteiger partial charge < -0.3 is 5.32 Å². The van der Waals surface area contributed by atoms with Gasteiger partial charge in [0.2, 0.25) is 0 Å². The van der Waals surface area contributed by atoms with Gasteiger partial charge in [0.1, 0.15) is 0 Å². The first-order chi connectivity index (χ1) is 24.8. The lowest BCUT2D eigenvalue weighted by Gasteiger charge is -2.17. The zero-order valence-electron chi connectivity index (χ0n) is 27.5. The molecule has 8 aromatic carbocycles. The average Bonchev–Trinajstić information content (AvgIpc) is 3.19. The maximum atomic E-state index is 3.82. The van der Waals surface area contributed by atoms with E-state index in [0.717, 1.165) is 11.4 Å². The zero-order valence-corrected chi connectivity index (χ0v) is 28.4. The summed E-state index contributed by atoms with van der Waals surface area (Å²) in [6, 6.07) is 73.6. The molecule has 0 saturated heterocycles. The Balaban J connectivity index is 1.21. The third kappa shape index (κ3) is 6.89. The van der Waals surface area contributed by atoms with Gasteiger partial charge in [0.05, 0.1) is 0 Å². The molecule has 0 aromatic heterocycles. The molecule has 0 spiro atoms. The second-order valence-corrected chi connectivity index (χ2v) is 13.4. The number of para-hydroxylation sites is 1. The van der Waals surface area contributed by atoms with Crippen LogP contribution in [-0.4, -0.2) is 0 Å². The molecule has 0 heterocycles. The summed E-state index contributed by atoms with van der Waals surface area (Å²) in [7, 11) is 0. The first kappa shape index (κ1) is 31.2. The second-order valence-electron chi connectivity index (χ2n) is 12.2. The minimum Gasteiger partial charge on any atom is -0.355 e. The SMILES string of the molecule is c1ccc(-c2ccccc2Nc2cc(Sc3cccc(-c4ccccc4-c4ccccc4)c3)cc(-c3ccccc3-c3ccccc3)c2)cc1. The molecule has 8 aromatic rings. The normalized spacial score (nSPS) is 10.9. The molecule has 0 bridgehead atoms. The third-order valence-corrected chi connectivity index (χ3v) is 9.87. The van der Waals surface area contributed by atoms with E-state index < -0.39 is 0 Å². The summed E-state index contributed by atoms with van der Waals surface area (Å²) >= 11 is 1.79.